The number of benzene rings is 1. The molecule has 1 aromatic carbocycles. The standard InChI is InChI=1S/C10H9ClFN3O/c1-5(13)10-14-9(15-16-10)8-6(11)3-2-4-7(8)12/h2-5H,13H2,1H3/t5-/m0/s1. The van der Waals surface area contributed by atoms with Gasteiger partial charge in [0.1, 0.15) is 5.82 Å². The van der Waals surface area contributed by atoms with Crippen LogP contribution in [-0.2, 0) is 0 Å². The maximum atomic E-state index is 13.5. The summed E-state index contributed by atoms with van der Waals surface area (Å²) in [4.78, 5) is 3.97. The van der Waals surface area contributed by atoms with Gasteiger partial charge in [0, 0.05) is 0 Å². The number of aromatic nitrogens is 2. The summed E-state index contributed by atoms with van der Waals surface area (Å²) in [6.45, 7) is 1.69. The Labute approximate surface area is 96.2 Å². The minimum absolute atomic E-state index is 0.107. The highest BCUT2D eigenvalue weighted by atomic mass is 35.5. The molecule has 0 spiro atoms. The zero-order valence-corrected chi connectivity index (χ0v) is 9.20. The van der Waals surface area contributed by atoms with Crippen LogP contribution in [0.5, 0.6) is 0 Å². The van der Waals surface area contributed by atoms with Crippen LogP contribution in [0.25, 0.3) is 11.4 Å². The summed E-state index contributed by atoms with van der Waals surface area (Å²) in [6, 6.07) is 3.95. The molecule has 0 aliphatic rings. The third-order valence-corrected chi connectivity index (χ3v) is 2.33. The van der Waals surface area contributed by atoms with Gasteiger partial charge in [-0.1, -0.05) is 22.8 Å². The molecule has 1 atom stereocenters. The largest absolute Gasteiger partial charge is 0.337 e. The Bertz CT molecular complexity index is 492. The van der Waals surface area contributed by atoms with Crippen LogP contribution in [0, 0.1) is 5.82 Å². The van der Waals surface area contributed by atoms with E-state index in [1.165, 1.54) is 12.1 Å². The number of hydrogen-bond acceptors (Lipinski definition) is 4. The summed E-state index contributed by atoms with van der Waals surface area (Å²) in [5.74, 6) is -0.144. The molecule has 4 nitrogen and oxygen atoms in total. The fourth-order valence-electron chi connectivity index (χ4n) is 1.23. The van der Waals surface area contributed by atoms with Crippen molar-refractivity contribution in [2.75, 3.05) is 0 Å². The van der Waals surface area contributed by atoms with Crippen molar-refractivity contribution in [1.29, 1.82) is 0 Å². The van der Waals surface area contributed by atoms with E-state index in [2.05, 4.69) is 10.1 Å². The molecule has 0 aliphatic carbocycles. The lowest BCUT2D eigenvalue weighted by atomic mass is 10.2. The zero-order chi connectivity index (χ0) is 11.7. The monoisotopic (exact) mass is 241 g/mol. The van der Waals surface area contributed by atoms with Crippen LogP contribution in [-0.4, -0.2) is 10.1 Å². The van der Waals surface area contributed by atoms with Crippen LogP contribution in [0.15, 0.2) is 22.7 Å². The summed E-state index contributed by atoms with van der Waals surface area (Å²) < 4.78 is 18.4. The van der Waals surface area contributed by atoms with Gasteiger partial charge in [0.25, 0.3) is 0 Å². The number of rotatable bonds is 2. The van der Waals surface area contributed by atoms with E-state index in [-0.39, 0.29) is 22.3 Å². The Balaban J connectivity index is 2.50. The van der Waals surface area contributed by atoms with Gasteiger partial charge in [0.05, 0.1) is 16.6 Å². The number of nitrogens with zero attached hydrogens (tertiary/aromatic N) is 2. The first kappa shape index (κ1) is 11.0. The molecule has 0 bridgehead atoms. The lowest BCUT2D eigenvalue weighted by Gasteiger charge is -1.99. The second kappa shape index (κ2) is 4.19. The third-order valence-electron chi connectivity index (χ3n) is 2.02. The van der Waals surface area contributed by atoms with Crippen molar-refractivity contribution in [1.82, 2.24) is 10.1 Å². The van der Waals surface area contributed by atoms with Gasteiger partial charge in [-0.15, -0.1) is 0 Å². The maximum Gasteiger partial charge on any atom is 0.243 e. The van der Waals surface area contributed by atoms with Gasteiger partial charge in [0.2, 0.25) is 11.7 Å². The Morgan fingerprint density at radius 2 is 2.25 bits per heavy atom. The van der Waals surface area contributed by atoms with Crippen LogP contribution in [0.3, 0.4) is 0 Å². The van der Waals surface area contributed by atoms with E-state index in [9.17, 15) is 4.39 Å². The molecule has 0 saturated carbocycles. The van der Waals surface area contributed by atoms with Gasteiger partial charge in [-0.05, 0) is 19.1 Å². The predicted molar refractivity (Wildman–Crippen MR) is 57.3 cm³/mol. The smallest absolute Gasteiger partial charge is 0.243 e. The minimum atomic E-state index is -0.496. The van der Waals surface area contributed by atoms with Gasteiger partial charge in [-0.2, -0.15) is 4.98 Å². The summed E-state index contributed by atoms with van der Waals surface area (Å²) in [7, 11) is 0. The molecular weight excluding hydrogens is 233 g/mol. The topological polar surface area (TPSA) is 64.9 Å². The fourth-order valence-corrected chi connectivity index (χ4v) is 1.48. The Morgan fingerprint density at radius 3 is 2.81 bits per heavy atom. The van der Waals surface area contributed by atoms with E-state index in [1.54, 1.807) is 13.0 Å². The third kappa shape index (κ3) is 1.91. The van der Waals surface area contributed by atoms with Gasteiger partial charge >= 0.3 is 0 Å². The van der Waals surface area contributed by atoms with Gasteiger partial charge in [0.15, 0.2) is 0 Å². The second-order valence-electron chi connectivity index (χ2n) is 3.34. The Morgan fingerprint density at radius 1 is 1.50 bits per heavy atom. The van der Waals surface area contributed by atoms with Crippen molar-refractivity contribution in [3.8, 4) is 11.4 Å². The van der Waals surface area contributed by atoms with Crippen molar-refractivity contribution in [3.05, 3.63) is 34.9 Å². The molecule has 0 radical (unpaired) electrons. The summed E-state index contributed by atoms with van der Waals surface area (Å²) in [5.41, 5.74) is 5.68. The van der Waals surface area contributed by atoms with Crippen molar-refractivity contribution >= 4 is 11.6 Å². The molecule has 2 rings (SSSR count). The summed E-state index contributed by atoms with van der Waals surface area (Å²) >= 11 is 5.86. The van der Waals surface area contributed by atoms with Gasteiger partial charge in [-0.3, -0.25) is 0 Å². The maximum absolute atomic E-state index is 13.5. The molecule has 0 fully saturated rings. The highest BCUT2D eigenvalue weighted by Crippen LogP contribution is 2.28. The van der Waals surface area contributed by atoms with E-state index in [4.69, 9.17) is 21.9 Å². The van der Waals surface area contributed by atoms with E-state index < -0.39 is 11.9 Å². The van der Waals surface area contributed by atoms with Crippen molar-refractivity contribution in [3.63, 3.8) is 0 Å². The molecular formula is C10H9ClFN3O. The molecule has 6 heteroatoms. The van der Waals surface area contributed by atoms with Gasteiger partial charge in [-0.25, -0.2) is 4.39 Å². The van der Waals surface area contributed by atoms with Crippen LogP contribution < -0.4 is 5.73 Å². The molecule has 1 heterocycles. The highest BCUT2D eigenvalue weighted by molar-refractivity contribution is 6.33. The molecule has 0 aliphatic heterocycles. The Kier molecular flexibility index (Phi) is 2.89. The normalized spacial score (nSPS) is 12.8. The van der Waals surface area contributed by atoms with E-state index in [0.29, 0.717) is 0 Å². The van der Waals surface area contributed by atoms with Crippen molar-refractivity contribution in [2.24, 2.45) is 5.73 Å². The molecule has 16 heavy (non-hydrogen) atoms. The second-order valence-corrected chi connectivity index (χ2v) is 3.75. The molecule has 0 amide bonds. The average Bonchev–Trinajstić information content (AvgIpc) is 2.66. The summed E-state index contributed by atoms with van der Waals surface area (Å²) in [6.07, 6.45) is 0. The Hall–Kier alpha value is -1.46. The average molecular weight is 242 g/mol. The van der Waals surface area contributed by atoms with Gasteiger partial charge < -0.3 is 10.3 Å². The highest BCUT2D eigenvalue weighted by Gasteiger charge is 2.17. The molecule has 0 saturated heterocycles. The van der Waals surface area contributed by atoms with Crippen molar-refractivity contribution < 1.29 is 8.91 Å². The molecule has 1 aromatic heterocycles. The first-order valence-corrected chi connectivity index (χ1v) is 5.01. The molecule has 0 unspecified atom stereocenters. The fraction of sp³-hybridized carbons (Fsp3) is 0.200. The van der Waals surface area contributed by atoms with Crippen LogP contribution >= 0.6 is 11.6 Å². The van der Waals surface area contributed by atoms with E-state index in [1.807, 2.05) is 0 Å². The number of nitrogens with two attached hydrogens (primary N) is 1. The van der Waals surface area contributed by atoms with Crippen molar-refractivity contribution in [2.45, 2.75) is 13.0 Å². The SMILES string of the molecule is C[C@H](N)c1nc(-c2c(F)cccc2Cl)no1. The number of halogens is 2. The minimum Gasteiger partial charge on any atom is -0.337 e. The first-order chi connectivity index (χ1) is 7.59. The molecule has 2 N–H and O–H groups in total. The first-order valence-electron chi connectivity index (χ1n) is 4.63. The predicted octanol–water partition coefficient (Wildman–Crippen LogP) is 2.55. The zero-order valence-electron chi connectivity index (χ0n) is 8.45. The lowest BCUT2D eigenvalue weighted by Crippen LogP contribution is -2.04. The quantitative estimate of drug-likeness (QED) is 0.878. The van der Waals surface area contributed by atoms with E-state index in [0.717, 1.165) is 0 Å². The molecule has 84 valence electrons. The van der Waals surface area contributed by atoms with Crippen LogP contribution in [0.4, 0.5) is 4.39 Å². The van der Waals surface area contributed by atoms with Crippen LogP contribution in [0.1, 0.15) is 18.9 Å². The van der Waals surface area contributed by atoms with E-state index >= 15 is 0 Å². The molecule has 2 aromatic rings. The summed E-state index contributed by atoms with van der Waals surface area (Å²) in [5, 5.41) is 3.87. The lowest BCUT2D eigenvalue weighted by molar-refractivity contribution is 0.362. The van der Waals surface area contributed by atoms with Crippen LogP contribution in [0.2, 0.25) is 5.02 Å². The number of hydrogen-bond donors (Lipinski definition) is 1.